The fourth-order valence-electron chi connectivity index (χ4n) is 2.51. The molecule has 1 aliphatic heterocycles. The molecule has 2 heterocycles. The predicted molar refractivity (Wildman–Crippen MR) is 75.0 cm³/mol. The molecule has 1 N–H and O–H groups in total. The molecule has 1 unspecified atom stereocenters. The molecule has 19 heavy (non-hydrogen) atoms. The minimum absolute atomic E-state index is 0.00878. The van der Waals surface area contributed by atoms with Crippen LogP contribution in [0.15, 0.2) is 10.6 Å². The van der Waals surface area contributed by atoms with Crippen molar-refractivity contribution >= 4 is 0 Å². The van der Waals surface area contributed by atoms with Crippen LogP contribution in [-0.2, 0) is 5.41 Å². The van der Waals surface area contributed by atoms with Crippen molar-refractivity contribution in [2.24, 2.45) is 5.92 Å². The molecule has 0 amide bonds. The lowest BCUT2D eigenvalue weighted by Gasteiger charge is -2.34. The predicted octanol–water partition coefficient (Wildman–Crippen LogP) is 2.74. The van der Waals surface area contributed by atoms with E-state index < -0.39 is 0 Å². The molecule has 1 atom stereocenters. The lowest BCUT2D eigenvalue weighted by Crippen LogP contribution is -2.36. The first-order chi connectivity index (χ1) is 8.91. The number of aliphatic hydroxyl groups excluding tert-OH is 1. The van der Waals surface area contributed by atoms with E-state index in [1.54, 1.807) is 0 Å². The third-order valence-electron chi connectivity index (χ3n) is 4.08. The van der Waals surface area contributed by atoms with Gasteiger partial charge in [-0.2, -0.15) is 0 Å². The highest BCUT2D eigenvalue weighted by Gasteiger charge is 2.27. The second kappa shape index (κ2) is 5.63. The Labute approximate surface area is 115 Å². The van der Waals surface area contributed by atoms with Gasteiger partial charge in [-0.05, 0) is 38.8 Å². The zero-order chi connectivity index (χ0) is 14.0. The van der Waals surface area contributed by atoms with Crippen molar-refractivity contribution in [1.82, 2.24) is 9.88 Å². The zero-order valence-corrected chi connectivity index (χ0v) is 12.5. The molecule has 1 saturated heterocycles. The smallest absolute Gasteiger partial charge is 0.211 e. The van der Waals surface area contributed by atoms with Crippen LogP contribution >= 0.6 is 0 Å². The quantitative estimate of drug-likeness (QED) is 0.914. The van der Waals surface area contributed by atoms with Crippen molar-refractivity contribution < 1.29 is 9.52 Å². The second-order valence-electron chi connectivity index (χ2n) is 6.65. The van der Waals surface area contributed by atoms with E-state index in [4.69, 9.17) is 4.42 Å². The third kappa shape index (κ3) is 3.37. The van der Waals surface area contributed by atoms with Crippen LogP contribution in [0.3, 0.4) is 0 Å². The molecule has 0 spiro atoms. The molecule has 0 aliphatic carbocycles. The van der Waals surface area contributed by atoms with E-state index in [2.05, 4.69) is 37.6 Å². The van der Waals surface area contributed by atoms with Gasteiger partial charge in [0.15, 0.2) is 0 Å². The molecule has 0 bridgehead atoms. The van der Waals surface area contributed by atoms with Gasteiger partial charge in [0.2, 0.25) is 5.89 Å². The van der Waals surface area contributed by atoms with Gasteiger partial charge in [-0.25, -0.2) is 4.98 Å². The Morgan fingerprint density at radius 1 is 1.42 bits per heavy atom. The Morgan fingerprint density at radius 3 is 2.53 bits per heavy atom. The number of hydrogen-bond acceptors (Lipinski definition) is 4. The van der Waals surface area contributed by atoms with Gasteiger partial charge in [0, 0.05) is 12.0 Å². The van der Waals surface area contributed by atoms with Gasteiger partial charge >= 0.3 is 0 Å². The van der Waals surface area contributed by atoms with Crippen LogP contribution in [0.25, 0.3) is 0 Å². The largest absolute Gasteiger partial charge is 0.443 e. The van der Waals surface area contributed by atoms with Crippen LogP contribution in [0.1, 0.15) is 58.2 Å². The normalized spacial score (nSPS) is 20.7. The summed E-state index contributed by atoms with van der Waals surface area (Å²) in [6.45, 7) is 10.9. The summed E-state index contributed by atoms with van der Waals surface area (Å²) in [4.78, 5) is 6.83. The molecule has 0 radical (unpaired) electrons. The molecule has 1 aromatic heterocycles. The van der Waals surface area contributed by atoms with E-state index in [-0.39, 0.29) is 11.5 Å². The Hall–Kier alpha value is -0.870. The van der Waals surface area contributed by atoms with E-state index in [1.165, 1.54) is 0 Å². The van der Waals surface area contributed by atoms with Crippen LogP contribution in [-0.4, -0.2) is 34.7 Å². The number of aromatic nitrogens is 1. The number of nitrogens with zero attached hydrogens (tertiary/aromatic N) is 2. The Kier molecular flexibility index (Phi) is 4.31. The SMILES string of the molecule is CC(c1ncc(C(C)(C)C)o1)N1CCC(CO)CC1. The highest BCUT2D eigenvalue weighted by atomic mass is 16.4. The average molecular weight is 266 g/mol. The zero-order valence-electron chi connectivity index (χ0n) is 12.5. The summed E-state index contributed by atoms with van der Waals surface area (Å²) >= 11 is 0. The minimum Gasteiger partial charge on any atom is -0.443 e. The van der Waals surface area contributed by atoms with Crippen LogP contribution in [0.2, 0.25) is 0 Å². The van der Waals surface area contributed by atoms with E-state index in [9.17, 15) is 5.11 Å². The van der Waals surface area contributed by atoms with Gasteiger partial charge in [0.05, 0.1) is 12.2 Å². The molecule has 4 nitrogen and oxygen atoms in total. The number of piperidine rings is 1. The maximum absolute atomic E-state index is 9.18. The van der Waals surface area contributed by atoms with Crippen molar-refractivity contribution in [2.45, 2.75) is 52.0 Å². The second-order valence-corrected chi connectivity index (χ2v) is 6.65. The van der Waals surface area contributed by atoms with Crippen molar-refractivity contribution in [3.8, 4) is 0 Å². The summed E-state index contributed by atoms with van der Waals surface area (Å²) in [6, 6.07) is 0.218. The highest BCUT2D eigenvalue weighted by molar-refractivity contribution is 5.07. The Morgan fingerprint density at radius 2 is 2.05 bits per heavy atom. The molecular formula is C15H26N2O2. The van der Waals surface area contributed by atoms with E-state index in [0.717, 1.165) is 37.6 Å². The molecule has 2 rings (SSSR count). The minimum atomic E-state index is 0.00878. The summed E-state index contributed by atoms with van der Waals surface area (Å²) in [5.74, 6) is 2.23. The first-order valence-corrected chi connectivity index (χ1v) is 7.23. The molecule has 0 saturated carbocycles. The lowest BCUT2D eigenvalue weighted by atomic mass is 9.94. The standard InChI is InChI=1S/C15H26N2O2/c1-11(17-7-5-12(10-18)6-8-17)14-16-9-13(19-14)15(2,3)4/h9,11-12,18H,5-8,10H2,1-4H3. The fraction of sp³-hybridized carbons (Fsp3) is 0.800. The Bertz CT molecular complexity index is 401. The molecule has 1 aromatic rings. The van der Waals surface area contributed by atoms with Gasteiger partial charge in [-0.15, -0.1) is 0 Å². The van der Waals surface area contributed by atoms with Gasteiger partial charge in [-0.3, -0.25) is 4.90 Å². The van der Waals surface area contributed by atoms with Crippen LogP contribution in [0, 0.1) is 5.92 Å². The monoisotopic (exact) mass is 266 g/mol. The number of aliphatic hydroxyl groups is 1. The molecular weight excluding hydrogens is 240 g/mol. The van der Waals surface area contributed by atoms with Crippen molar-refractivity contribution in [2.75, 3.05) is 19.7 Å². The van der Waals surface area contributed by atoms with Crippen LogP contribution < -0.4 is 0 Å². The Balaban J connectivity index is 2.00. The first-order valence-electron chi connectivity index (χ1n) is 7.23. The summed E-state index contributed by atoms with van der Waals surface area (Å²) in [6.07, 6.45) is 3.98. The number of oxazole rings is 1. The summed E-state index contributed by atoms with van der Waals surface area (Å²) in [5.41, 5.74) is 0.00878. The van der Waals surface area contributed by atoms with Crippen LogP contribution in [0.5, 0.6) is 0 Å². The molecule has 1 fully saturated rings. The molecule has 1 aliphatic rings. The average Bonchev–Trinajstić information content (AvgIpc) is 2.87. The molecule has 108 valence electrons. The third-order valence-corrected chi connectivity index (χ3v) is 4.08. The number of rotatable bonds is 3. The number of likely N-dealkylation sites (tertiary alicyclic amines) is 1. The lowest BCUT2D eigenvalue weighted by molar-refractivity contribution is 0.0947. The summed E-state index contributed by atoms with van der Waals surface area (Å²) < 4.78 is 5.91. The summed E-state index contributed by atoms with van der Waals surface area (Å²) in [7, 11) is 0. The van der Waals surface area contributed by atoms with Gasteiger partial charge < -0.3 is 9.52 Å². The first kappa shape index (κ1) is 14.5. The van der Waals surface area contributed by atoms with Gasteiger partial charge in [0.1, 0.15) is 5.76 Å². The van der Waals surface area contributed by atoms with Crippen molar-refractivity contribution in [3.63, 3.8) is 0 Å². The topological polar surface area (TPSA) is 49.5 Å². The van der Waals surface area contributed by atoms with Crippen LogP contribution in [0.4, 0.5) is 0 Å². The van der Waals surface area contributed by atoms with Crippen molar-refractivity contribution in [1.29, 1.82) is 0 Å². The van der Waals surface area contributed by atoms with Crippen molar-refractivity contribution in [3.05, 3.63) is 17.8 Å². The highest BCUT2D eigenvalue weighted by Crippen LogP contribution is 2.29. The molecule has 4 heteroatoms. The van der Waals surface area contributed by atoms with E-state index in [1.807, 2.05) is 6.20 Å². The maximum Gasteiger partial charge on any atom is 0.211 e. The van der Waals surface area contributed by atoms with E-state index >= 15 is 0 Å². The molecule has 0 aromatic carbocycles. The fourth-order valence-corrected chi connectivity index (χ4v) is 2.51. The van der Waals surface area contributed by atoms with Gasteiger partial charge in [0.25, 0.3) is 0 Å². The summed E-state index contributed by atoms with van der Waals surface area (Å²) in [5, 5.41) is 9.18. The van der Waals surface area contributed by atoms with Gasteiger partial charge in [-0.1, -0.05) is 20.8 Å². The number of hydrogen-bond donors (Lipinski definition) is 1. The maximum atomic E-state index is 9.18. The van der Waals surface area contributed by atoms with E-state index in [0.29, 0.717) is 12.5 Å².